The highest BCUT2D eigenvalue weighted by molar-refractivity contribution is 7.16. The summed E-state index contributed by atoms with van der Waals surface area (Å²) >= 11 is 1.50. The molecular weight excluding hydrogens is 156 g/mol. The van der Waals surface area contributed by atoms with E-state index in [4.69, 9.17) is 11.0 Å². The Morgan fingerprint density at radius 3 is 2.55 bits per heavy atom. The molecule has 1 rings (SSSR count). The normalized spacial score (nSPS) is 10.0. The molecule has 0 aliphatic rings. The van der Waals surface area contributed by atoms with Crippen LogP contribution in [-0.4, -0.2) is 0 Å². The lowest BCUT2D eigenvalue weighted by Gasteiger charge is -1.95. The van der Waals surface area contributed by atoms with Crippen LogP contribution in [0.25, 0.3) is 0 Å². The minimum atomic E-state index is 0.462. The number of hydrogen-bond donors (Lipinski definition) is 1. The fraction of sp³-hybridized carbons (Fsp3) is 0.375. The first kappa shape index (κ1) is 8.09. The summed E-state index contributed by atoms with van der Waals surface area (Å²) in [6.07, 6.45) is 0. The molecule has 1 aromatic rings. The molecule has 2 N–H and O–H groups in total. The van der Waals surface area contributed by atoms with Crippen LogP contribution < -0.4 is 5.73 Å². The van der Waals surface area contributed by atoms with Crippen LogP contribution >= 0.6 is 11.3 Å². The zero-order valence-electron chi connectivity index (χ0n) is 6.59. The average molecular weight is 166 g/mol. The third-order valence-electron chi connectivity index (χ3n) is 1.47. The van der Waals surface area contributed by atoms with Crippen LogP contribution in [0.3, 0.4) is 0 Å². The third-order valence-corrected chi connectivity index (χ3v) is 2.73. The van der Waals surface area contributed by atoms with Gasteiger partial charge in [-0.05, 0) is 12.0 Å². The molecule has 0 aromatic carbocycles. The Kier molecular flexibility index (Phi) is 2.16. The molecule has 1 aromatic heterocycles. The molecule has 2 nitrogen and oxygen atoms in total. The van der Waals surface area contributed by atoms with Gasteiger partial charge in [0.2, 0.25) is 0 Å². The predicted molar refractivity (Wildman–Crippen MR) is 47.5 cm³/mol. The number of nitrogens with two attached hydrogens (primary N) is 1. The van der Waals surface area contributed by atoms with E-state index in [0.717, 1.165) is 0 Å². The van der Waals surface area contributed by atoms with E-state index in [0.29, 0.717) is 16.5 Å². The first-order valence-corrected chi connectivity index (χ1v) is 4.26. The van der Waals surface area contributed by atoms with Gasteiger partial charge in [-0.2, -0.15) is 5.26 Å². The van der Waals surface area contributed by atoms with E-state index in [1.54, 1.807) is 0 Å². The second-order valence-electron chi connectivity index (χ2n) is 2.69. The van der Waals surface area contributed by atoms with Gasteiger partial charge in [-0.3, -0.25) is 0 Å². The standard InChI is InChI=1S/C8H10N2S/c1-5(2)7-3-6(4-9)8(10)11-7/h3,5H,10H2,1-2H3. The lowest BCUT2D eigenvalue weighted by Crippen LogP contribution is -1.80. The molecule has 0 atom stereocenters. The summed E-state index contributed by atoms with van der Waals surface area (Å²) in [6, 6.07) is 3.92. The number of hydrogen-bond acceptors (Lipinski definition) is 3. The number of nitrogen functional groups attached to an aromatic ring is 1. The average Bonchev–Trinajstić information content (AvgIpc) is 2.31. The summed E-state index contributed by atoms with van der Waals surface area (Å²) in [6.45, 7) is 4.18. The second-order valence-corrected chi connectivity index (χ2v) is 3.81. The molecule has 0 amide bonds. The van der Waals surface area contributed by atoms with E-state index >= 15 is 0 Å². The Morgan fingerprint density at radius 2 is 2.27 bits per heavy atom. The Balaban J connectivity index is 3.07. The van der Waals surface area contributed by atoms with Gasteiger partial charge in [0.05, 0.1) is 5.56 Å². The van der Waals surface area contributed by atoms with Crippen molar-refractivity contribution in [3.8, 4) is 6.07 Å². The monoisotopic (exact) mass is 166 g/mol. The van der Waals surface area contributed by atoms with Crippen molar-refractivity contribution < 1.29 is 0 Å². The van der Waals surface area contributed by atoms with Gasteiger partial charge in [-0.1, -0.05) is 13.8 Å². The molecule has 0 aliphatic carbocycles. The van der Waals surface area contributed by atoms with E-state index in [1.807, 2.05) is 6.07 Å². The maximum atomic E-state index is 8.59. The van der Waals surface area contributed by atoms with Gasteiger partial charge in [0.1, 0.15) is 11.1 Å². The Bertz CT molecular complexity index is 294. The number of nitriles is 1. The molecule has 0 saturated carbocycles. The van der Waals surface area contributed by atoms with E-state index in [-0.39, 0.29) is 0 Å². The number of thiophene rings is 1. The summed E-state index contributed by atoms with van der Waals surface area (Å²) in [4.78, 5) is 1.18. The summed E-state index contributed by atoms with van der Waals surface area (Å²) in [5, 5.41) is 9.23. The van der Waals surface area contributed by atoms with Gasteiger partial charge < -0.3 is 5.73 Å². The summed E-state index contributed by atoms with van der Waals surface area (Å²) in [5.74, 6) is 0.462. The number of nitrogens with zero attached hydrogens (tertiary/aromatic N) is 1. The van der Waals surface area contributed by atoms with Gasteiger partial charge in [0.15, 0.2) is 0 Å². The second kappa shape index (κ2) is 2.93. The number of rotatable bonds is 1. The van der Waals surface area contributed by atoms with Gasteiger partial charge in [0.25, 0.3) is 0 Å². The van der Waals surface area contributed by atoms with Crippen LogP contribution in [0.5, 0.6) is 0 Å². The van der Waals surface area contributed by atoms with Crippen LogP contribution in [0, 0.1) is 11.3 Å². The summed E-state index contributed by atoms with van der Waals surface area (Å²) in [7, 11) is 0. The van der Waals surface area contributed by atoms with Crippen molar-refractivity contribution in [3.63, 3.8) is 0 Å². The zero-order valence-corrected chi connectivity index (χ0v) is 7.40. The SMILES string of the molecule is CC(C)c1cc(C#N)c(N)s1. The lowest BCUT2D eigenvalue weighted by molar-refractivity contribution is 0.889. The lowest BCUT2D eigenvalue weighted by atomic mass is 10.1. The fourth-order valence-electron chi connectivity index (χ4n) is 0.797. The first-order valence-electron chi connectivity index (χ1n) is 3.44. The van der Waals surface area contributed by atoms with Crippen molar-refractivity contribution >= 4 is 16.3 Å². The molecule has 0 aliphatic heterocycles. The highest BCUT2D eigenvalue weighted by Gasteiger charge is 2.07. The highest BCUT2D eigenvalue weighted by atomic mass is 32.1. The zero-order chi connectivity index (χ0) is 8.43. The maximum absolute atomic E-state index is 8.59. The smallest absolute Gasteiger partial charge is 0.104 e. The molecule has 0 saturated heterocycles. The van der Waals surface area contributed by atoms with Gasteiger partial charge >= 0.3 is 0 Å². The van der Waals surface area contributed by atoms with Crippen LogP contribution in [0.4, 0.5) is 5.00 Å². The molecule has 3 heteroatoms. The predicted octanol–water partition coefficient (Wildman–Crippen LogP) is 2.33. The molecule has 0 bridgehead atoms. The van der Waals surface area contributed by atoms with E-state index in [2.05, 4.69) is 19.9 Å². The highest BCUT2D eigenvalue weighted by Crippen LogP contribution is 2.29. The van der Waals surface area contributed by atoms with Crippen molar-refractivity contribution in [1.82, 2.24) is 0 Å². The topological polar surface area (TPSA) is 49.8 Å². The van der Waals surface area contributed by atoms with Crippen LogP contribution in [0.1, 0.15) is 30.2 Å². The van der Waals surface area contributed by atoms with Crippen molar-refractivity contribution in [2.45, 2.75) is 19.8 Å². The van der Waals surface area contributed by atoms with Gasteiger partial charge in [0, 0.05) is 4.88 Å². The largest absolute Gasteiger partial charge is 0.389 e. The molecule has 1 heterocycles. The minimum Gasteiger partial charge on any atom is -0.389 e. The molecule has 0 radical (unpaired) electrons. The molecule has 11 heavy (non-hydrogen) atoms. The molecule has 58 valence electrons. The Morgan fingerprint density at radius 1 is 1.64 bits per heavy atom. The van der Waals surface area contributed by atoms with Crippen molar-refractivity contribution in [2.75, 3.05) is 5.73 Å². The van der Waals surface area contributed by atoms with Crippen molar-refractivity contribution in [3.05, 3.63) is 16.5 Å². The van der Waals surface area contributed by atoms with Crippen LogP contribution in [0.2, 0.25) is 0 Å². The van der Waals surface area contributed by atoms with Crippen molar-refractivity contribution in [1.29, 1.82) is 5.26 Å². The third kappa shape index (κ3) is 1.52. The summed E-state index contributed by atoms with van der Waals surface area (Å²) < 4.78 is 0. The van der Waals surface area contributed by atoms with E-state index < -0.39 is 0 Å². The van der Waals surface area contributed by atoms with E-state index in [9.17, 15) is 0 Å². The van der Waals surface area contributed by atoms with Gasteiger partial charge in [-0.15, -0.1) is 11.3 Å². The molecular formula is C8H10N2S. The fourth-order valence-corrected chi connectivity index (χ4v) is 1.68. The van der Waals surface area contributed by atoms with Crippen LogP contribution in [0.15, 0.2) is 6.07 Å². The van der Waals surface area contributed by atoms with Crippen molar-refractivity contribution in [2.24, 2.45) is 0 Å². The first-order chi connectivity index (χ1) is 5.15. The quantitative estimate of drug-likeness (QED) is 0.696. The molecule has 0 unspecified atom stereocenters. The molecule has 0 fully saturated rings. The van der Waals surface area contributed by atoms with Crippen LogP contribution in [-0.2, 0) is 0 Å². The van der Waals surface area contributed by atoms with E-state index in [1.165, 1.54) is 16.2 Å². The Hall–Kier alpha value is -1.01. The Labute approximate surface area is 70.3 Å². The summed E-state index contributed by atoms with van der Waals surface area (Å²) in [5.41, 5.74) is 6.20. The minimum absolute atomic E-state index is 0.462. The number of anilines is 1. The maximum Gasteiger partial charge on any atom is 0.104 e. The van der Waals surface area contributed by atoms with Gasteiger partial charge in [-0.25, -0.2) is 0 Å². The molecule has 0 spiro atoms.